The smallest absolute Gasteiger partial charge is 0.356 e. The molecule has 0 bridgehead atoms. The lowest BCUT2D eigenvalue weighted by Crippen LogP contribution is -2.24. The molecule has 6 heteroatoms. The Balaban J connectivity index is 1.49. The highest BCUT2D eigenvalue weighted by Crippen LogP contribution is 2.36. The van der Waals surface area contributed by atoms with Gasteiger partial charge in [-0.1, -0.05) is 35.5 Å². The first-order valence-corrected chi connectivity index (χ1v) is 9.23. The Morgan fingerprint density at radius 3 is 2.63 bits per heavy atom. The molecule has 1 unspecified atom stereocenters. The van der Waals surface area contributed by atoms with Gasteiger partial charge in [0.05, 0.1) is 11.3 Å². The van der Waals surface area contributed by atoms with Gasteiger partial charge in [0.1, 0.15) is 0 Å². The maximum Gasteiger partial charge on any atom is 0.416 e. The molecule has 142 valence electrons. The Labute approximate surface area is 155 Å². The van der Waals surface area contributed by atoms with Crippen molar-refractivity contribution in [1.29, 1.82) is 0 Å². The summed E-state index contributed by atoms with van der Waals surface area (Å²) >= 11 is 0. The Morgan fingerprint density at radius 2 is 1.85 bits per heavy atom. The number of likely N-dealkylation sites (tertiary alicyclic amines) is 1. The molecule has 0 aliphatic carbocycles. The highest BCUT2D eigenvalue weighted by molar-refractivity contribution is 5.80. The van der Waals surface area contributed by atoms with Crippen molar-refractivity contribution < 1.29 is 17.7 Å². The van der Waals surface area contributed by atoms with Gasteiger partial charge in [0.15, 0.2) is 5.58 Å². The monoisotopic (exact) mass is 374 g/mol. The SMILES string of the molecule is FC(F)(F)c1ccc2c(C3CCCN(Cc4ccccc4)CC3)noc2c1. The number of nitrogens with zero attached hydrogens (tertiary/aromatic N) is 2. The number of fused-ring (bicyclic) bond motifs is 1. The number of alkyl halides is 3. The standard InChI is InChI=1S/C21H21F3N2O/c22-21(23,24)17-8-9-18-19(13-17)27-25-20(18)16-7-4-11-26(12-10-16)14-15-5-2-1-3-6-15/h1-3,5-6,8-9,13,16H,4,7,10-12,14H2. The summed E-state index contributed by atoms with van der Waals surface area (Å²) in [5.74, 6) is 0.212. The summed E-state index contributed by atoms with van der Waals surface area (Å²) in [4.78, 5) is 2.43. The molecule has 3 aromatic rings. The minimum absolute atomic E-state index is 0.212. The number of benzene rings is 2. The van der Waals surface area contributed by atoms with Gasteiger partial charge in [-0.15, -0.1) is 0 Å². The third kappa shape index (κ3) is 4.00. The van der Waals surface area contributed by atoms with Gasteiger partial charge in [-0.25, -0.2) is 0 Å². The lowest BCUT2D eigenvalue weighted by Gasteiger charge is -2.20. The van der Waals surface area contributed by atoms with Gasteiger partial charge in [-0.3, -0.25) is 4.90 Å². The second-order valence-electron chi connectivity index (χ2n) is 7.17. The first kappa shape index (κ1) is 18.0. The molecular weight excluding hydrogens is 353 g/mol. The van der Waals surface area contributed by atoms with E-state index in [2.05, 4.69) is 22.2 Å². The Kier molecular flexibility index (Phi) is 4.91. The molecule has 2 heterocycles. The average molecular weight is 374 g/mol. The van der Waals surface area contributed by atoms with Crippen molar-refractivity contribution in [2.45, 2.75) is 37.9 Å². The zero-order valence-corrected chi connectivity index (χ0v) is 14.9. The fourth-order valence-electron chi connectivity index (χ4n) is 3.86. The summed E-state index contributed by atoms with van der Waals surface area (Å²) in [6, 6.07) is 14.0. The van der Waals surface area contributed by atoms with Crippen molar-refractivity contribution in [3.63, 3.8) is 0 Å². The van der Waals surface area contributed by atoms with Crippen LogP contribution in [0, 0.1) is 0 Å². The normalized spacial score (nSPS) is 19.3. The van der Waals surface area contributed by atoms with Crippen LogP contribution < -0.4 is 0 Å². The number of hydrogen-bond acceptors (Lipinski definition) is 3. The van der Waals surface area contributed by atoms with E-state index in [9.17, 15) is 13.2 Å². The van der Waals surface area contributed by atoms with Crippen molar-refractivity contribution in [3.05, 3.63) is 65.4 Å². The Bertz CT molecular complexity index is 905. The van der Waals surface area contributed by atoms with Gasteiger partial charge in [0, 0.05) is 17.8 Å². The molecule has 1 fully saturated rings. The molecule has 0 spiro atoms. The molecule has 4 rings (SSSR count). The van der Waals surface area contributed by atoms with Crippen LogP contribution in [-0.4, -0.2) is 23.1 Å². The largest absolute Gasteiger partial charge is 0.416 e. The zero-order chi connectivity index (χ0) is 18.9. The van der Waals surface area contributed by atoms with E-state index in [1.165, 1.54) is 11.6 Å². The van der Waals surface area contributed by atoms with Crippen molar-refractivity contribution in [3.8, 4) is 0 Å². The molecule has 0 saturated carbocycles. The van der Waals surface area contributed by atoms with Crippen LogP contribution >= 0.6 is 0 Å². The first-order valence-electron chi connectivity index (χ1n) is 9.23. The summed E-state index contributed by atoms with van der Waals surface area (Å²) in [5.41, 5.74) is 1.60. The summed E-state index contributed by atoms with van der Waals surface area (Å²) in [6.45, 7) is 2.87. The van der Waals surface area contributed by atoms with E-state index in [1.54, 1.807) is 0 Å². The van der Waals surface area contributed by atoms with Gasteiger partial charge in [0.25, 0.3) is 0 Å². The molecular formula is C21H21F3N2O. The maximum absolute atomic E-state index is 12.9. The third-order valence-electron chi connectivity index (χ3n) is 5.28. The summed E-state index contributed by atoms with van der Waals surface area (Å²) in [7, 11) is 0. The predicted octanol–water partition coefficient (Wildman–Crippen LogP) is 5.62. The van der Waals surface area contributed by atoms with Crippen LogP contribution in [0.2, 0.25) is 0 Å². The second kappa shape index (κ2) is 7.35. The summed E-state index contributed by atoms with van der Waals surface area (Å²) < 4.78 is 43.9. The van der Waals surface area contributed by atoms with E-state index >= 15 is 0 Å². The lowest BCUT2D eigenvalue weighted by molar-refractivity contribution is -0.137. The van der Waals surface area contributed by atoms with E-state index in [0.29, 0.717) is 5.39 Å². The Morgan fingerprint density at radius 1 is 1.04 bits per heavy atom. The number of halogens is 3. The number of aromatic nitrogens is 1. The molecule has 1 saturated heterocycles. The van der Waals surface area contributed by atoms with Crippen molar-refractivity contribution in [1.82, 2.24) is 10.1 Å². The molecule has 0 N–H and O–H groups in total. The molecule has 1 aromatic heterocycles. The quantitative estimate of drug-likeness (QED) is 0.596. The van der Waals surface area contributed by atoms with Gasteiger partial charge in [-0.05, 0) is 56.1 Å². The Hall–Kier alpha value is -2.34. The molecule has 0 radical (unpaired) electrons. The van der Waals surface area contributed by atoms with Crippen LogP contribution in [0.3, 0.4) is 0 Å². The molecule has 1 atom stereocenters. The zero-order valence-electron chi connectivity index (χ0n) is 14.9. The van der Waals surface area contributed by atoms with Crippen LogP contribution in [-0.2, 0) is 12.7 Å². The highest BCUT2D eigenvalue weighted by Gasteiger charge is 2.32. The van der Waals surface area contributed by atoms with Gasteiger partial charge in [0.2, 0.25) is 0 Å². The second-order valence-corrected chi connectivity index (χ2v) is 7.17. The average Bonchev–Trinajstić information content (AvgIpc) is 2.94. The van der Waals surface area contributed by atoms with Crippen molar-refractivity contribution >= 4 is 11.0 Å². The number of hydrogen-bond donors (Lipinski definition) is 0. The molecule has 1 aliphatic heterocycles. The summed E-state index contributed by atoms with van der Waals surface area (Å²) in [6.07, 6.45) is -1.45. The third-order valence-corrected chi connectivity index (χ3v) is 5.28. The van der Waals surface area contributed by atoms with Crippen LogP contribution in [0.5, 0.6) is 0 Å². The van der Waals surface area contributed by atoms with Crippen LogP contribution in [0.4, 0.5) is 13.2 Å². The predicted molar refractivity (Wildman–Crippen MR) is 97.3 cm³/mol. The maximum atomic E-state index is 12.9. The van der Waals surface area contributed by atoms with Gasteiger partial charge >= 0.3 is 6.18 Å². The minimum atomic E-state index is -4.37. The highest BCUT2D eigenvalue weighted by atomic mass is 19.4. The summed E-state index contributed by atoms with van der Waals surface area (Å²) in [5, 5.41) is 4.83. The van der Waals surface area contributed by atoms with Gasteiger partial charge in [-0.2, -0.15) is 13.2 Å². The minimum Gasteiger partial charge on any atom is -0.356 e. The van der Waals surface area contributed by atoms with E-state index in [1.807, 2.05) is 18.2 Å². The van der Waals surface area contributed by atoms with E-state index < -0.39 is 11.7 Å². The van der Waals surface area contributed by atoms with Crippen LogP contribution in [0.15, 0.2) is 53.1 Å². The molecule has 3 nitrogen and oxygen atoms in total. The van der Waals surface area contributed by atoms with Crippen molar-refractivity contribution in [2.24, 2.45) is 0 Å². The first-order chi connectivity index (χ1) is 13.0. The lowest BCUT2D eigenvalue weighted by atomic mass is 9.94. The van der Waals surface area contributed by atoms with Gasteiger partial charge < -0.3 is 4.52 Å². The van der Waals surface area contributed by atoms with E-state index in [-0.39, 0.29) is 11.5 Å². The van der Waals surface area contributed by atoms with Crippen molar-refractivity contribution in [2.75, 3.05) is 13.1 Å². The molecule has 2 aromatic carbocycles. The number of rotatable bonds is 3. The topological polar surface area (TPSA) is 29.3 Å². The molecule has 0 amide bonds. The molecule has 27 heavy (non-hydrogen) atoms. The van der Waals surface area contributed by atoms with Crippen LogP contribution in [0.25, 0.3) is 11.0 Å². The van der Waals surface area contributed by atoms with E-state index in [0.717, 1.165) is 56.7 Å². The van der Waals surface area contributed by atoms with E-state index in [4.69, 9.17) is 4.52 Å². The van der Waals surface area contributed by atoms with Crippen LogP contribution in [0.1, 0.15) is 42.0 Å². The fraction of sp³-hybridized carbons (Fsp3) is 0.381. The molecule has 1 aliphatic rings. The fourth-order valence-corrected chi connectivity index (χ4v) is 3.86.